The summed E-state index contributed by atoms with van der Waals surface area (Å²) in [5.41, 5.74) is 4.89. The predicted molar refractivity (Wildman–Crippen MR) is 138 cm³/mol. The second kappa shape index (κ2) is 10.4. The molecule has 0 aliphatic carbocycles. The molecule has 4 rings (SSSR count). The van der Waals surface area contributed by atoms with E-state index in [4.69, 9.17) is 0 Å². The predicted octanol–water partition coefficient (Wildman–Crippen LogP) is 3.99. The van der Waals surface area contributed by atoms with Crippen molar-refractivity contribution in [1.82, 2.24) is 10.2 Å². The van der Waals surface area contributed by atoms with Crippen LogP contribution < -0.4 is 10.6 Å². The molecule has 2 heterocycles. The molecule has 0 saturated heterocycles. The van der Waals surface area contributed by atoms with Gasteiger partial charge in [-0.3, -0.25) is 0 Å². The van der Waals surface area contributed by atoms with E-state index in [1.165, 1.54) is 0 Å². The summed E-state index contributed by atoms with van der Waals surface area (Å²) in [6.45, 7) is 9.61. The fourth-order valence-electron chi connectivity index (χ4n) is 4.08. The molecule has 0 fully saturated rings. The molecule has 3 N–H and O–H groups in total. The Kier molecular flexibility index (Phi) is 7.37. The number of carbonyl (C=O) groups is 2. The van der Waals surface area contributed by atoms with E-state index in [1.54, 1.807) is 12.1 Å². The number of aromatic hydroxyl groups is 1. The number of rotatable bonds is 8. The van der Waals surface area contributed by atoms with Gasteiger partial charge in [-0.1, -0.05) is 0 Å². The molecule has 34 heavy (non-hydrogen) atoms. The number of hydrogen-bond donors (Lipinski definition) is 3. The Morgan fingerprint density at radius 1 is 1.09 bits per heavy atom. The van der Waals surface area contributed by atoms with Crippen molar-refractivity contribution >= 4 is 43.7 Å². The van der Waals surface area contributed by atoms with E-state index in [2.05, 4.69) is 29.4 Å². The maximum atomic E-state index is 12.7. The number of hydrogen-bond acceptors (Lipinski definition) is 4. The molecule has 1 aliphatic rings. The van der Waals surface area contributed by atoms with E-state index in [0.29, 0.717) is 17.7 Å². The minimum atomic E-state index is -0.135. The molecule has 0 bridgehead atoms. The van der Waals surface area contributed by atoms with Crippen molar-refractivity contribution < 1.29 is 14.7 Å². The maximum absolute atomic E-state index is 12.7. The van der Waals surface area contributed by atoms with E-state index in [9.17, 15) is 14.7 Å². The van der Waals surface area contributed by atoms with Gasteiger partial charge in [-0.25, -0.2) is 0 Å². The quantitative estimate of drug-likeness (QED) is 0.309. The summed E-state index contributed by atoms with van der Waals surface area (Å²) in [5, 5.41) is 15.5. The Morgan fingerprint density at radius 2 is 1.79 bits per heavy atom. The fourth-order valence-corrected chi connectivity index (χ4v) is 6.11. The Morgan fingerprint density at radius 3 is 2.50 bits per heavy atom. The zero-order valence-electron chi connectivity index (χ0n) is 19.6. The van der Waals surface area contributed by atoms with Crippen molar-refractivity contribution in [3.05, 3.63) is 68.5 Å². The van der Waals surface area contributed by atoms with Gasteiger partial charge in [-0.05, 0) is 0 Å². The van der Waals surface area contributed by atoms with E-state index in [-0.39, 0.29) is 32.1 Å². The van der Waals surface area contributed by atoms with Crippen LogP contribution in [0.2, 0.25) is 0 Å². The van der Waals surface area contributed by atoms with Gasteiger partial charge in [0.15, 0.2) is 0 Å². The molecule has 1 aromatic heterocycles. The summed E-state index contributed by atoms with van der Waals surface area (Å²) in [5.74, 6) is 0.0371. The first-order chi connectivity index (χ1) is 16.4. The van der Waals surface area contributed by atoms with Gasteiger partial charge in [-0.2, -0.15) is 0 Å². The van der Waals surface area contributed by atoms with Crippen molar-refractivity contribution in [3.8, 4) is 16.9 Å². The van der Waals surface area contributed by atoms with Crippen LogP contribution in [0.5, 0.6) is 5.75 Å². The van der Waals surface area contributed by atoms with Crippen molar-refractivity contribution in [2.45, 2.75) is 20.8 Å². The van der Waals surface area contributed by atoms with Gasteiger partial charge in [0.1, 0.15) is 0 Å². The Labute approximate surface area is 206 Å². The molecular weight excluding hydrogens is 493 g/mol. The third-order valence-electron chi connectivity index (χ3n) is 6.08. The van der Waals surface area contributed by atoms with Gasteiger partial charge in [0.25, 0.3) is 0 Å². The molecular formula is C27H29N3O3Se. The van der Waals surface area contributed by atoms with Crippen LogP contribution in [-0.4, -0.2) is 62.5 Å². The Bertz CT molecular complexity index is 1240. The molecule has 1 aliphatic heterocycles. The van der Waals surface area contributed by atoms with Gasteiger partial charge >= 0.3 is 206 Å². The summed E-state index contributed by atoms with van der Waals surface area (Å²) in [7, 11) is 0. The number of likely N-dealkylation sites (N-methyl/N-ethyl adjacent to an activating group) is 1. The van der Waals surface area contributed by atoms with Crippen LogP contribution in [0, 0.1) is 6.92 Å². The molecule has 0 radical (unpaired) electrons. The van der Waals surface area contributed by atoms with Crippen molar-refractivity contribution in [2.75, 3.05) is 31.5 Å². The topological polar surface area (TPSA) is 81.7 Å². The first-order valence-corrected chi connectivity index (χ1v) is 13.2. The molecule has 0 spiro atoms. The second-order valence-corrected chi connectivity index (χ2v) is 10.9. The number of anilines is 1. The number of aryl methyl sites for hydroxylation is 1. The number of benzene rings is 2. The zero-order valence-corrected chi connectivity index (χ0v) is 21.4. The molecule has 7 heteroatoms. The molecule has 0 atom stereocenters. The van der Waals surface area contributed by atoms with E-state index in [0.717, 1.165) is 50.9 Å². The average Bonchev–Trinajstić information content (AvgIpc) is 3.35. The summed E-state index contributed by atoms with van der Waals surface area (Å²) >= 11 is 0.00750. The van der Waals surface area contributed by atoms with Gasteiger partial charge in [0.05, 0.1) is 0 Å². The summed E-state index contributed by atoms with van der Waals surface area (Å²) < 4.78 is 2.08. The van der Waals surface area contributed by atoms with E-state index < -0.39 is 0 Å². The molecule has 3 aromatic rings. The van der Waals surface area contributed by atoms with Crippen LogP contribution in [0.1, 0.15) is 38.6 Å². The molecule has 2 aromatic carbocycles. The Balaban J connectivity index is 1.52. The number of nitrogens with zero attached hydrogens (tertiary/aromatic N) is 1. The van der Waals surface area contributed by atoms with Crippen molar-refractivity contribution in [1.29, 1.82) is 0 Å². The van der Waals surface area contributed by atoms with E-state index in [1.807, 2.05) is 49.4 Å². The zero-order chi connectivity index (χ0) is 24.2. The molecule has 176 valence electrons. The third-order valence-corrected chi connectivity index (χ3v) is 8.17. The van der Waals surface area contributed by atoms with Crippen LogP contribution >= 0.6 is 0 Å². The molecule has 0 unspecified atom stereocenters. The average molecular weight is 523 g/mol. The van der Waals surface area contributed by atoms with Gasteiger partial charge in [0.2, 0.25) is 0 Å². The van der Waals surface area contributed by atoms with Crippen LogP contribution in [0.3, 0.4) is 0 Å². The molecule has 6 nitrogen and oxygen atoms in total. The van der Waals surface area contributed by atoms with Crippen LogP contribution in [0.25, 0.3) is 22.8 Å². The number of phenols is 1. The van der Waals surface area contributed by atoms with Crippen molar-refractivity contribution in [2.24, 2.45) is 0 Å². The summed E-state index contributed by atoms with van der Waals surface area (Å²) in [6.07, 6.45) is 1.92. The number of fused-ring (bicyclic) bond motifs is 1. The summed E-state index contributed by atoms with van der Waals surface area (Å²) in [4.78, 5) is 27.7. The Hall–Kier alpha value is -3.12. The summed E-state index contributed by atoms with van der Waals surface area (Å²) in [6, 6.07) is 14.8. The number of amides is 2. The monoisotopic (exact) mass is 523 g/mol. The molecule has 0 saturated carbocycles. The van der Waals surface area contributed by atoms with Gasteiger partial charge in [-0.15, -0.1) is 0 Å². The SMILES string of the molecule is CCN(CC)CCNC(=O)c1cc(/C=C2\C(=O)Nc3cc(-c4ccc(O)cc4)ccc32)[se]c1C. The standard InChI is InChI=1S/C27H29N3O3Se/c1-4-30(5-2)13-12-28-26(32)23-15-21(34-17(23)3)16-24-22-11-8-19(14-25(22)29-27(24)33)18-6-9-20(31)10-7-18/h6-11,14-16,31H,4-5,12-13H2,1-3H3,(H,28,32)(H,29,33)/b24-16-. The first kappa shape index (κ1) is 24.0. The van der Waals surface area contributed by atoms with Crippen LogP contribution in [0.4, 0.5) is 5.69 Å². The number of phenolic OH excluding ortho intramolecular Hbond substituents is 1. The molecule has 2 amide bonds. The van der Waals surface area contributed by atoms with Crippen LogP contribution in [-0.2, 0) is 4.79 Å². The minimum absolute atomic E-state index is 0.00750. The third kappa shape index (κ3) is 5.17. The number of carbonyl (C=O) groups excluding carboxylic acids is 2. The van der Waals surface area contributed by atoms with Gasteiger partial charge in [0, 0.05) is 0 Å². The second-order valence-electron chi connectivity index (χ2n) is 8.22. The first-order valence-electron chi connectivity index (χ1n) is 11.5. The van der Waals surface area contributed by atoms with Gasteiger partial charge < -0.3 is 0 Å². The normalized spacial score (nSPS) is 13.9. The fraction of sp³-hybridized carbons (Fsp3) is 0.259. The van der Waals surface area contributed by atoms with E-state index >= 15 is 0 Å². The number of nitrogens with one attached hydrogen (secondary N) is 2. The van der Waals surface area contributed by atoms with Crippen molar-refractivity contribution in [3.63, 3.8) is 0 Å². The van der Waals surface area contributed by atoms with Crippen LogP contribution in [0.15, 0.2) is 48.5 Å².